The van der Waals surface area contributed by atoms with Gasteiger partial charge in [-0.2, -0.15) is 0 Å². The number of aliphatic hydroxyl groups excluding tert-OH is 1. The SMILES string of the molecule is CCC(C)CCCCCCCCCCCCC(=O)O[C@H](COC(=O)CCCCCCCCC(C)CC)COP(=O)(O)OCC(O)COP(=O)(O)OC[C@@H](COC(=O)CCCCCCCCCC(C)C)OC(=O)CCCCCCCCCCC(C)C. The number of esters is 4. The van der Waals surface area contributed by atoms with Crippen molar-refractivity contribution < 1.29 is 80.2 Å². The lowest BCUT2D eigenvalue weighted by Gasteiger charge is -2.21. The summed E-state index contributed by atoms with van der Waals surface area (Å²) in [4.78, 5) is 72.3. The van der Waals surface area contributed by atoms with Gasteiger partial charge in [0.05, 0.1) is 26.4 Å². The molecule has 0 fully saturated rings. The van der Waals surface area contributed by atoms with Crippen molar-refractivity contribution in [3.63, 3.8) is 0 Å². The van der Waals surface area contributed by atoms with E-state index in [1.807, 2.05) is 0 Å². The quantitative estimate of drug-likeness (QED) is 0.0222. The van der Waals surface area contributed by atoms with Gasteiger partial charge in [-0.25, -0.2) is 9.13 Å². The highest BCUT2D eigenvalue weighted by Crippen LogP contribution is 2.45. The summed E-state index contributed by atoms with van der Waals surface area (Å²) in [6.07, 6.45) is 36.2. The molecule has 0 amide bonds. The van der Waals surface area contributed by atoms with Crippen LogP contribution in [0.5, 0.6) is 0 Å². The van der Waals surface area contributed by atoms with Crippen LogP contribution in [0.4, 0.5) is 0 Å². The van der Waals surface area contributed by atoms with E-state index in [4.69, 9.17) is 37.0 Å². The largest absolute Gasteiger partial charge is 0.472 e. The molecule has 19 heteroatoms. The molecule has 0 aliphatic heterocycles. The van der Waals surface area contributed by atoms with Crippen LogP contribution in [0.3, 0.4) is 0 Å². The standard InChI is InChI=1S/C66H128O17P2/c1-9-58(7)44-36-28-20-13-11-12-14-21-32-40-48-65(70)82-62(53-77-64(69)47-39-31-25-24-29-37-45-59(8)10-2)55-81-85(74,75)79-51-60(67)50-78-84(72,73)80-54-61(52-76-63(68)46-38-30-23-17-19-27-35-43-57(5)6)83-66(71)49-41-33-22-16-15-18-26-34-42-56(3)4/h56-62,67H,9-55H2,1-8H3,(H,72,73)(H,74,75)/t58?,59?,60?,61-,62-/m1/s1. The number of rotatable bonds is 63. The maximum absolute atomic E-state index is 13.0. The van der Waals surface area contributed by atoms with Crippen LogP contribution in [0.1, 0.15) is 319 Å². The van der Waals surface area contributed by atoms with E-state index in [0.717, 1.165) is 120 Å². The van der Waals surface area contributed by atoms with Crippen LogP contribution in [-0.4, -0.2) is 96.7 Å². The predicted octanol–water partition coefficient (Wildman–Crippen LogP) is 18.1. The third-order valence-electron chi connectivity index (χ3n) is 15.8. The maximum atomic E-state index is 13.0. The smallest absolute Gasteiger partial charge is 0.462 e. The highest BCUT2D eigenvalue weighted by Gasteiger charge is 2.30. The number of carbonyl (C=O) groups is 4. The zero-order valence-electron chi connectivity index (χ0n) is 55.2. The average Bonchev–Trinajstić information content (AvgIpc) is 3.56. The predicted molar refractivity (Wildman–Crippen MR) is 340 cm³/mol. The molecule has 17 nitrogen and oxygen atoms in total. The Morgan fingerprint density at radius 3 is 0.835 bits per heavy atom. The second kappa shape index (κ2) is 56.1. The van der Waals surface area contributed by atoms with E-state index in [2.05, 4.69) is 55.4 Å². The van der Waals surface area contributed by atoms with Crippen LogP contribution in [-0.2, 0) is 65.4 Å². The number of unbranched alkanes of at least 4 members (excludes halogenated alkanes) is 27. The van der Waals surface area contributed by atoms with Crippen molar-refractivity contribution in [1.29, 1.82) is 0 Å². The van der Waals surface area contributed by atoms with Gasteiger partial charge in [-0.05, 0) is 49.4 Å². The van der Waals surface area contributed by atoms with E-state index >= 15 is 0 Å². The molecule has 0 heterocycles. The zero-order chi connectivity index (χ0) is 63.2. The molecule has 0 bridgehead atoms. The Morgan fingerprint density at radius 2 is 0.565 bits per heavy atom. The van der Waals surface area contributed by atoms with Gasteiger partial charge in [0, 0.05) is 25.7 Å². The fraction of sp³-hybridized carbons (Fsp3) is 0.939. The monoisotopic (exact) mass is 1250 g/mol. The van der Waals surface area contributed by atoms with Gasteiger partial charge in [-0.15, -0.1) is 0 Å². The maximum Gasteiger partial charge on any atom is 0.472 e. The molecule has 0 radical (unpaired) electrons. The molecular weight excluding hydrogens is 1130 g/mol. The van der Waals surface area contributed by atoms with Gasteiger partial charge in [0.25, 0.3) is 0 Å². The lowest BCUT2D eigenvalue weighted by molar-refractivity contribution is -0.161. The highest BCUT2D eigenvalue weighted by molar-refractivity contribution is 7.47. The molecular formula is C66H128O17P2. The number of ether oxygens (including phenoxy) is 4. The van der Waals surface area contributed by atoms with Gasteiger partial charge in [0.1, 0.15) is 19.3 Å². The number of hydrogen-bond acceptors (Lipinski definition) is 15. The van der Waals surface area contributed by atoms with Gasteiger partial charge in [0.15, 0.2) is 12.2 Å². The second-order valence-corrected chi connectivity index (χ2v) is 28.2. The molecule has 0 aromatic carbocycles. The minimum absolute atomic E-state index is 0.103. The molecule has 85 heavy (non-hydrogen) atoms. The highest BCUT2D eigenvalue weighted by atomic mass is 31.2. The Bertz CT molecular complexity index is 1700. The van der Waals surface area contributed by atoms with Crippen LogP contribution >= 0.6 is 15.6 Å². The third-order valence-corrected chi connectivity index (χ3v) is 17.7. The van der Waals surface area contributed by atoms with Crippen LogP contribution in [0, 0.1) is 23.7 Å². The summed E-state index contributed by atoms with van der Waals surface area (Å²) < 4.78 is 68.1. The minimum atomic E-state index is -4.95. The Kier molecular flexibility index (Phi) is 54.8. The van der Waals surface area contributed by atoms with Crippen LogP contribution in [0.15, 0.2) is 0 Å². The van der Waals surface area contributed by atoms with Gasteiger partial charge >= 0.3 is 39.5 Å². The number of phosphoric acid groups is 2. The first-order valence-electron chi connectivity index (χ1n) is 34.3. The van der Waals surface area contributed by atoms with E-state index in [1.165, 1.54) is 109 Å². The first-order valence-corrected chi connectivity index (χ1v) is 37.3. The summed E-state index contributed by atoms with van der Waals surface area (Å²) in [6, 6.07) is 0. The summed E-state index contributed by atoms with van der Waals surface area (Å²) in [5, 5.41) is 10.6. The summed E-state index contributed by atoms with van der Waals surface area (Å²) in [5.41, 5.74) is 0. The Labute approximate surface area is 517 Å². The van der Waals surface area contributed by atoms with Crippen molar-refractivity contribution in [3.05, 3.63) is 0 Å². The first kappa shape index (κ1) is 83.1. The third kappa shape index (κ3) is 58.2. The minimum Gasteiger partial charge on any atom is -0.462 e. The fourth-order valence-corrected chi connectivity index (χ4v) is 11.3. The normalized spacial score (nSPS) is 15.0. The number of hydrogen-bond donors (Lipinski definition) is 3. The van der Waals surface area contributed by atoms with Gasteiger partial charge in [-0.3, -0.25) is 37.3 Å². The molecule has 0 aliphatic rings. The van der Waals surface area contributed by atoms with E-state index in [-0.39, 0.29) is 25.7 Å². The molecule has 0 aliphatic carbocycles. The molecule has 0 saturated heterocycles. The van der Waals surface area contributed by atoms with Gasteiger partial charge in [0.2, 0.25) is 0 Å². The Balaban J connectivity index is 5.26. The number of aliphatic hydroxyl groups is 1. The van der Waals surface area contributed by atoms with Crippen LogP contribution in [0.2, 0.25) is 0 Å². The van der Waals surface area contributed by atoms with Gasteiger partial charge < -0.3 is 33.8 Å². The summed E-state index contributed by atoms with van der Waals surface area (Å²) in [6.45, 7) is 14.0. The molecule has 0 aromatic rings. The van der Waals surface area contributed by atoms with Crippen LogP contribution < -0.4 is 0 Å². The Hall–Kier alpha value is -1.94. The second-order valence-electron chi connectivity index (χ2n) is 25.3. The van der Waals surface area contributed by atoms with Gasteiger partial charge in [-0.1, -0.05) is 267 Å². The zero-order valence-corrected chi connectivity index (χ0v) is 57.0. The molecule has 3 N–H and O–H groups in total. The molecule has 5 unspecified atom stereocenters. The average molecular weight is 1260 g/mol. The molecule has 504 valence electrons. The molecule has 0 rings (SSSR count). The van der Waals surface area contributed by atoms with Crippen LogP contribution in [0.25, 0.3) is 0 Å². The number of carbonyl (C=O) groups excluding carboxylic acids is 4. The first-order chi connectivity index (χ1) is 40.7. The van der Waals surface area contributed by atoms with E-state index in [9.17, 15) is 43.2 Å². The fourth-order valence-electron chi connectivity index (χ4n) is 9.72. The van der Waals surface area contributed by atoms with Crippen molar-refractivity contribution in [2.24, 2.45) is 23.7 Å². The van der Waals surface area contributed by atoms with Crippen molar-refractivity contribution in [3.8, 4) is 0 Å². The Morgan fingerprint density at radius 1 is 0.329 bits per heavy atom. The lowest BCUT2D eigenvalue weighted by Crippen LogP contribution is -2.30. The van der Waals surface area contributed by atoms with E-state index in [1.54, 1.807) is 0 Å². The van der Waals surface area contributed by atoms with E-state index in [0.29, 0.717) is 31.6 Å². The molecule has 0 aromatic heterocycles. The molecule has 0 saturated carbocycles. The molecule has 7 atom stereocenters. The summed E-state index contributed by atoms with van der Waals surface area (Å²) >= 11 is 0. The van der Waals surface area contributed by atoms with Crippen molar-refractivity contribution in [2.45, 2.75) is 337 Å². The van der Waals surface area contributed by atoms with Crippen molar-refractivity contribution in [1.82, 2.24) is 0 Å². The summed E-state index contributed by atoms with van der Waals surface area (Å²) in [7, 11) is -9.89. The van der Waals surface area contributed by atoms with Crippen molar-refractivity contribution >= 4 is 39.5 Å². The lowest BCUT2D eigenvalue weighted by atomic mass is 9.99. The number of phosphoric ester groups is 2. The topological polar surface area (TPSA) is 237 Å². The van der Waals surface area contributed by atoms with E-state index < -0.39 is 97.5 Å². The van der Waals surface area contributed by atoms with Crippen molar-refractivity contribution in [2.75, 3.05) is 39.6 Å². The summed E-state index contributed by atoms with van der Waals surface area (Å²) in [5.74, 6) is 0.819. The molecule has 0 spiro atoms.